The molecule has 346 valence electrons. The van der Waals surface area contributed by atoms with Crippen LogP contribution in [0.1, 0.15) is 141 Å². The lowest BCUT2D eigenvalue weighted by atomic mass is 9.65. The van der Waals surface area contributed by atoms with Crippen LogP contribution in [0.25, 0.3) is 0 Å². The number of carbonyl (C=O) groups is 4. The summed E-state index contributed by atoms with van der Waals surface area (Å²) in [6.45, 7) is 17.1. The van der Waals surface area contributed by atoms with E-state index in [9.17, 15) is 19.2 Å². The summed E-state index contributed by atoms with van der Waals surface area (Å²) in [6, 6.07) is 19.3. The zero-order chi connectivity index (χ0) is 47.1. The zero-order valence-electron chi connectivity index (χ0n) is 40.1. The van der Waals surface area contributed by atoms with Gasteiger partial charge in [0.15, 0.2) is 46.1 Å². The molecular formula is C56H62O10. The molecule has 4 aliphatic carbocycles. The average Bonchev–Trinajstić information content (AvgIpc) is 3.21. The molecule has 6 aliphatic rings. The van der Waals surface area contributed by atoms with Crippen molar-refractivity contribution in [2.24, 2.45) is 21.7 Å². The molecule has 9 rings (SSSR count). The first-order valence-electron chi connectivity index (χ1n) is 23.2. The molecule has 0 fully saturated rings. The number of benzene rings is 3. The number of methoxy groups -OCH3 is 2. The maximum Gasteiger partial charge on any atom is 0.163 e. The van der Waals surface area contributed by atoms with Crippen molar-refractivity contribution in [1.82, 2.24) is 0 Å². The van der Waals surface area contributed by atoms with Crippen LogP contribution in [-0.4, -0.2) is 37.4 Å². The topological polar surface area (TPSA) is 124 Å². The van der Waals surface area contributed by atoms with Gasteiger partial charge < -0.3 is 28.4 Å². The molecule has 0 radical (unpaired) electrons. The number of ketones is 4. The molecule has 0 unspecified atom stereocenters. The number of allylic oxidation sites excluding steroid dienone is 8. The van der Waals surface area contributed by atoms with Crippen LogP contribution in [0.5, 0.6) is 23.0 Å². The van der Waals surface area contributed by atoms with E-state index >= 15 is 0 Å². The van der Waals surface area contributed by atoms with E-state index in [1.54, 1.807) is 14.2 Å². The van der Waals surface area contributed by atoms with Crippen molar-refractivity contribution >= 4 is 23.1 Å². The number of Topliss-reactive ketones (excluding diaryl/α,β-unsaturated/α-hetero) is 4. The highest BCUT2D eigenvalue weighted by molar-refractivity contribution is 6.07. The van der Waals surface area contributed by atoms with Crippen molar-refractivity contribution in [3.05, 3.63) is 128 Å². The summed E-state index contributed by atoms with van der Waals surface area (Å²) >= 11 is 0. The number of ether oxygens (including phenoxy) is 6. The lowest BCUT2D eigenvalue weighted by Crippen LogP contribution is -2.37. The molecule has 0 bridgehead atoms. The molecule has 0 aromatic heterocycles. The first kappa shape index (κ1) is 45.3. The van der Waals surface area contributed by atoms with Crippen LogP contribution in [0.15, 0.2) is 106 Å². The minimum absolute atomic E-state index is 0.0102. The molecule has 10 nitrogen and oxygen atoms in total. The maximum atomic E-state index is 13.9. The Morgan fingerprint density at radius 3 is 0.985 bits per heavy atom. The number of rotatable bonds is 10. The fraction of sp³-hybridized carbons (Fsp3) is 0.464. The first-order valence-corrected chi connectivity index (χ1v) is 23.2. The van der Waals surface area contributed by atoms with E-state index in [-0.39, 0.29) is 58.0 Å². The summed E-state index contributed by atoms with van der Waals surface area (Å²) in [6.07, 6.45) is 3.99. The Morgan fingerprint density at radius 2 is 0.712 bits per heavy atom. The quantitative estimate of drug-likeness (QED) is 0.194. The Kier molecular flexibility index (Phi) is 11.3. The summed E-state index contributed by atoms with van der Waals surface area (Å²) in [5.41, 5.74) is 4.71. The molecule has 0 spiro atoms. The lowest BCUT2D eigenvalue weighted by Gasteiger charge is -2.42. The van der Waals surface area contributed by atoms with Crippen molar-refractivity contribution in [1.29, 1.82) is 0 Å². The molecule has 0 amide bonds. The van der Waals surface area contributed by atoms with E-state index in [0.717, 1.165) is 22.3 Å². The Bertz CT molecular complexity index is 2410. The Hall–Kier alpha value is -5.90. The molecule has 10 heteroatoms. The third-order valence-electron chi connectivity index (χ3n) is 14.0. The largest absolute Gasteiger partial charge is 0.493 e. The predicted octanol–water partition coefficient (Wildman–Crippen LogP) is 11.7. The molecule has 3 aromatic rings. The Balaban J connectivity index is 0.943. The molecule has 2 aliphatic heterocycles. The second kappa shape index (κ2) is 16.5. The van der Waals surface area contributed by atoms with E-state index in [0.29, 0.717) is 120 Å². The van der Waals surface area contributed by atoms with Gasteiger partial charge >= 0.3 is 0 Å². The standard InChI is InChI=1S/C56H62O10/c1-53(2)21-35(57)49-43(25-53)65-44-26-54(3,4)22-36(58)50(44)47(49)33-15-17-39(61-9)41(19-33)63-29-31-11-13-32(14-12-31)30-64-42-20-34(16-18-40(42)62-10)48-51-37(59)23-55(5,6)27-45(51)66-46-28-56(7,8)24-38(60)52(46)48/h11-20,47-48H,21-30H2,1-10H3. The van der Waals surface area contributed by atoms with Crippen molar-refractivity contribution in [3.63, 3.8) is 0 Å². The van der Waals surface area contributed by atoms with E-state index in [2.05, 4.69) is 55.4 Å². The normalized spacial score (nSPS) is 22.2. The van der Waals surface area contributed by atoms with Crippen molar-refractivity contribution in [2.75, 3.05) is 14.2 Å². The number of hydrogen-bond acceptors (Lipinski definition) is 10. The summed E-state index contributed by atoms with van der Waals surface area (Å²) in [4.78, 5) is 55.6. The van der Waals surface area contributed by atoms with Crippen LogP contribution in [0.4, 0.5) is 0 Å². The van der Waals surface area contributed by atoms with E-state index in [4.69, 9.17) is 28.4 Å². The zero-order valence-corrected chi connectivity index (χ0v) is 40.1. The lowest BCUT2D eigenvalue weighted by molar-refractivity contribution is -0.122. The fourth-order valence-electron chi connectivity index (χ4n) is 11.0. The number of hydrogen-bond donors (Lipinski definition) is 0. The molecule has 2 heterocycles. The summed E-state index contributed by atoms with van der Waals surface area (Å²) in [5, 5.41) is 0. The monoisotopic (exact) mass is 894 g/mol. The van der Waals surface area contributed by atoms with Gasteiger partial charge in [-0.05, 0) is 68.2 Å². The SMILES string of the molecule is COc1ccc(C2C3=C(CC(C)(C)CC3=O)OC3=C2C(=O)CC(C)(C)C3)cc1OCc1ccc(COc2cc(C3C4=C(CC(C)(C)CC4=O)OC4=C3C(=O)CC(C)(C)C4)ccc2OC)cc1. The van der Waals surface area contributed by atoms with Crippen molar-refractivity contribution < 1.29 is 47.6 Å². The van der Waals surface area contributed by atoms with Gasteiger partial charge in [-0.1, -0.05) is 91.8 Å². The van der Waals surface area contributed by atoms with Crippen LogP contribution in [0.3, 0.4) is 0 Å². The molecule has 0 saturated carbocycles. The molecule has 3 aromatic carbocycles. The molecule has 66 heavy (non-hydrogen) atoms. The predicted molar refractivity (Wildman–Crippen MR) is 249 cm³/mol. The van der Waals surface area contributed by atoms with Crippen molar-refractivity contribution in [3.8, 4) is 23.0 Å². The van der Waals surface area contributed by atoms with Gasteiger partial charge in [0.25, 0.3) is 0 Å². The van der Waals surface area contributed by atoms with Gasteiger partial charge in [0, 0.05) is 85.5 Å². The summed E-state index contributed by atoms with van der Waals surface area (Å²) < 4.78 is 37.4. The third kappa shape index (κ3) is 8.64. The minimum Gasteiger partial charge on any atom is -0.493 e. The van der Waals surface area contributed by atoms with Gasteiger partial charge in [0.2, 0.25) is 0 Å². The summed E-state index contributed by atoms with van der Waals surface area (Å²) in [5.74, 6) is 3.72. The van der Waals surface area contributed by atoms with Crippen LogP contribution >= 0.6 is 0 Å². The third-order valence-corrected chi connectivity index (χ3v) is 14.0. The highest BCUT2D eigenvalue weighted by Crippen LogP contribution is 2.56. The number of carbonyl (C=O) groups excluding carboxylic acids is 4. The molecule has 0 atom stereocenters. The Morgan fingerprint density at radius 1 is 0.424 bits per heavy atom. The van der Waals surface area contributed by atoms with Crippen LogP contribution in [0.2, 0.25) is 0 Å². The van der Waals surface area contributed by atoms with Gasteiger partial charge in [0.05, 0.1) is 14.2 Å². The van der Waals surface area contributed by atoms with Crippen LogP contribution in [0, 0.1) is 21.7 Å². The van der Waals surface area contributed by atoms with E-state index in [1.807, 2.05) is 60.7 Å². The summed E-state index contributed by atoms with van der Waals surface area (Å²) in [7, 11) is 3.19. The van der Waals surface area contributed by atoms with Gasteiger partial charge in [-0.2, -0.15) is 0 Å². The molecule has 0 saturated heterocycles. The van der Waals surface area contributed by atoms with Gasteiger partial charge in [-0.15, -0.1) is 0 Å². The van der Waals surface area contributed by atoms with E-state index in [1.165, 1.54) is 0 Å². The Labute approximate surface area is 388 Å². The highest BCUT2D eigenvalue weighted by atomic mass is 16.5. The van der Waals surface area contributed by atoms with Gasteiger partial charge in [-0.3, -0.25) is 19.2 Å². The highest BCUT2D eigenvalue weighted by Gasteiger charge is 2.50. The maximum absolute atomic E-state index is 13.9. The van der Waals surface area contributed by atoms with Gasteiger partial charge in [0.1, 0.15) is 36.3 Å². The van der Waals surface area contributed by atoms with Crippen LogP contribution < -0.4 is 18.9 Å². The average molecular weight is 895 g/mol. The molecular weight excluding hydrogens is 833 g/mol. The second-order valence-electron chi connectivity index (χ2n) is 22.4. The molecule has 0 N–H and O–H groups in total. The fourth-order valence-corrected chi connectivity index (χ4v) is 11.0. The second-order valence-corrected chi connectivity index (χ2v) is 22.4. The van der Waals surface area contributed by atoms with Crippen molar-refractivity contribution in [2.45, 2.75) is 132 Å². The smallest absolute Gasteiger partial charge is 0.163 e. The first-order chi connectivity index (χ1) is 31.1. The minimum atomic E-state index is -0.548. The van der Waals surface area contributed by atoms with E-state index < -0.39 is 11.8 Å². The van der Waals surface area contributed by atoms with Crippen LogP contribution in [-0.2, 0) is 41.9 Å². The van der Waals surface area contributed by atoms with Gasteiger partial charge in [-0.25, -0.2) is 0 Å².